The van der Waals surface area contributed by atoms with Crippen LogP contribution in [-0.2, 0) is 4.74 Å². The SMILES string of the molecule is CCCCOC(=O)c1cccc([NH+]([O-])O)c1. The zero-order valence-corrected chi connectivity index (χ0v) is 9.10. The Bertz CT molecular complexity index is 352. The van der Waals surface area contributed by atoms with Crippen LogP contribution in [0.2, 0.25) is 0 Å². The van der Waals surface area contributed by atoms with Gasteiger partial charge in [0, 0.05) is 12.1 Å². The number of hydrogen-bond acceptors (Lipinski definition) is 4. The van der Waals surface area contributed by atoms with Gasteiger partial charge in [0.05, 0.1) is 12.2 Å². The Labute approximate surface area is 93.8 Å². The zero-order valence-electron chi connectivity index (χ0n) is 9.10. The molecule has 88 valence electrons. The highest BCUT2D eigenvalue weighted by molar-refractivity contribution is 5.90. The molecule has 0 aliphatic heterocycles. The van der Waals surface area contributed by atoms with Gasteiger partial charge in [-0.2, -0.15) is 5.23 Å². The first-order valence-electron chi connectivity index (χ1n) is 5.15. The second kappa shape index (κ2) is 6.22. The van der Waals surface area contributed by atoms with E-state index in [1.54, 1.807) is 6.07 Å². The maximum Gasteiger partial charge on any atom is 0.338 e. The van der Waals surface area contributed by atoms with E-state index in [-0.39, 0.29) is 11.3 Å². The minimum Gasteiger partial charge on any atom is -0.595 e. The zero-order chi connectivity index (χ0) is 12.0. The molecule has 0 aliphatic rings. The van der Waals surface area contributed by atoms with Crippen LogP contribution in [0.4, 0.5) is 5.69 Å². The number of ether oxygens (including phenoxy) is 1. The molecular weight excluding hydrogens is 210 g/mol. The first kappa shape index (κ1) is 12.6. The molecule has 1 rings (SSSR count). The van der Waals surface area contributed by atoms with Crippen LogP contribution < -0.4 is 5.23 Å². The van der Waals surface area contributed by atoms with Crippen molar-refractivity contribution < 1.29 is 20.0 Å². The average Bonchev–Trinajstić information content (AvgIpc) is 2.29. The standard InChI is InChI=1S/C11H15NO4/c1-2-3-7-16-11(13)9-5-4-6-10(8-9)12(14)15/h4-6,8,12,14H,2-3,7H2,1H3. The van der Waals surface area contributed by atoms with Gasteiger partial charge < -0.3 is 9.94 Å². The van der Waals surface area contributed by atoms with E-state index >= 15 is 0 Å². The minimum atomic E-state index is -1.05. The second-order valence-electron chi connectivity index (χ2n) is 3.38. The fourth-order valence-electron chi connectivity index (χ4n) is 1.17. The number of rotatable bonds is 5. The summed E-state index contributed by atoms with van der Waals surface area (Å²) in [6.07, 6.45) is 1.76. The van der Waals surface area contributed by atoms with Crippen LogP contribution in [0.25, 0.3) is 0 Å². The van der Waals surface area contributed by atoms with E-state index in [0.717, 1.165) is 12.8 Å². The molecule has 1 aromatic rings. The lowest BCUT2D eigenvalue weighted by molar-refractivity contribution is -0.991. The van der Waals surface area contributed by atoms with E-state index in [1.807, 2.05) is 6.92 Å². The molecular formula is C11H15NO4. The number of quaternary nitrogens is 1. The van der Waals surface area contributed by atoms with E-state index < -0.39 is 11.2 Å². The van der Waals surface area contributed by atoms with Crippen LogP contribution in [-0.4, -0.2) is 17.8 Å². The highest BCUT2D eigenvalue weighted by Crippen LogP contribution is 2.08. The normalized spacial score (nSPS) is 12.2. The number of hydrogen-bond donors (Lipinski definition) is 2. The number of carbonyl (C=O) groups is 1. The summed E-state index contributed by atoms with van der Waals surface area (Å²) in [5.41, 5.74) is 0.362. The fraction of sp³-hybridized carbons (Fsp3) is 0.364. The molecule has 0 heterocycles. The molecule has 5 nitrogen and oxygen atoms in total. The second-order valence-corrected chi connectivity index (χ2v) is 3.38. The number of carbonyl (C=O) groups excluding carboxylic acids is 1. The Kier molecular flexibility index (Phi) is 4.91. The van der Waals surface area contributed by atoms with Crippen LogP contribution in [0, 0.1) is 5.21 Å². The summed E-state index contributed by atoms with van der Waals surface area (Å²) in [5.74, 6) is -0.475. The first-order valence-corrected chi connectivity index (χ1v) is 5.15. The predicted molar refractivity (Wildman–Crippen MR) is 57.4 cm³/mol. The lowest BCUT2D eigenvalue weighted by Crippen LogP contribution is -2.99. The maximum atomic E-state index is 11.5. The van der Waals surface area contributed by atoms with Crippen molar-refractivity contribution in [3.63, 3.8) is 0 Å². The monoisotopic (exact) mass is 225 g/mol. The molecule has 1 aromatic carbocycles. The van der Waals surface area contributed by atoms with E-state index in [4.69, 9.17) is 9.94 Å². The topological polar surface area (TPSA) is 74.0 Å². The molecule has 0 aliphatic carbocycles. The Morgan fingerprint density at radius 2 is 2.31 bits per heavy atom. The third-order valence-electron chi connectivity index (χ3n) is 2.08. The van der Waals surface area contributed by atoms with Gasteiger partial charge in [0.15, 0.2) is 5.69 Å². The van der Waals surface area contributed by atoms with Crippen LogP contribution in [0.5, 0.6) is 0 Å². The van der Waals surface area contributed by atoms with E-state index in [9.17, 15) is 10.0 Å². The maximum absolute atomic E-state index is 11.5. The first-order chi connectivity index (χ1) is 7.65. The lowest BCUT2D eigenvalue weighted by atomic mass is 10.2. The number of unbranched alkanes of at least 4 members (excludes halogenated alkanes) is 1. The molecule has 16 heavy (non-hydrogen) atoms. The average molecular weight is 225 g/mol. The highest BCUT2D eigenvalue weighted by Gasteiger charge is 2.09. The number of nitrogens with one attached hydrogen (secondary N) is 1. The molecule has 0 bridgehead atoms. The van der Waals surface area contributed by atoms with Crippen molar-refractivity contribution >= 4 is 11.7 Å². The Balaban J connectivity index is 2.64. The van der Waals surface area contributed by atoms with Gasteiger partial charge in [0.25, 0.3) is 0 Å². The Hall–Kier alpha value is -1.43. The molecule has 0 saturated carbocycles. The van der Waals surface area contributed by atoms with Crippen molar-refractivity contribution in [2.45, 2.75) is 19.8 Å². The van der Waals surface area contributed by atoms with E-state index in [1.165, 1.54) is 18.2 Å². The highest BCUT2D eigenvalue weighted by atomic mass is 16.8. The quantitative estimate of drug-likeness (QED) is 0.446. The van der Waals surface area contributed by atoms with E-state index in [0.29, 0.717) is 6.61 Å². The summed E-state index contributed by atoms with van der Waals surface area (Å²) in [6, 6.07) is 5.82. The Morgan fingerprint density at radius 3 is 2.94 bits per heavy atom. The number of esters is 1. The van der Waals surface area contributed by atoms with Gasteiger partial charge in [-0.1, -0.05) is 19.4 Å². The predicted octanol–water partition coefficient (Wildman–Crippen LogP) is 1.05. The summed E-state index contributed by atoms with van der Waals surface area (Å²) in [7, 11) is 0. The molecule has 1 unspecified atom stereocenters. The van der Waals surface area contributed by atoms with Crippen LogP contribution >= 0.6 is 0 Å². The van der Waals surface area contributed by atoms with Crippen molar-refractivity contribution in [1.82, 2.24) is 0 Å². The van der Waals surface area contributed by atoms with Gasteiger partial charge >= 0.3 is 5.97 Å². The molecule has 5 heteroatoms. The van der Waals surface area contributed by atoms with Crippen molar-refractivity contribution in [2.75, 3.05) is 6.61 Å². The molecule has 0 saturated heterocycles. The summed E-state index contributed by atoms with van der Waals surface area (Å²) < 4.78 is 4.97. The van der Waals surface area contributed by atoms with Crippen LogP contribution in [0.15, 0.2) is 24.3 Å². The largest absolute Gasteiger partial charge is 0.595 e. The van der Waals surface area contributed by atoms with Crippen LogP contribution in [0.1, 0.15) is 30.1 Å². The van der Waals surface area contributed by atoms with Gasteiger partial charge in [-0.05, 0) is 12.5 Å². The van der Waals surface area contributed by atoms with Crippen LogP contribution in [0.3, 0.4) is 0 Å². The van der Waals surface area contributed by atoms with Gasteiger partial charge in [-0.3, -0.25) is 0 Å². The van der Waals surface area contributed by atoms with E-state index in [2.05, 4.69) is 0 Å². The molecule has 2 N–H and O–H groups in total. The molecule has 0 radical (unpaired) electrons. The summed E-state index contributed by atoms with van der Waals surface area (Å²) in [5, 5.41) is 18.4. The van der Waals surface area contributed by atoms with Gasteiger partial charge in [0.2, 0.25) is 0 Å². The molecule has 0 spiro atoms. The van der Waals surface area contributed by atoms with Crippen molar-refractivity contribution in [2.24, 2.45) is 0 Å². The third kappa shape index (κ3) is 3.62. The number of benzene rings is 1. The van der Waals surface area contributed by atoms with Gasteiger partial charge in [-0.25, -0.2) is 10.0 Å². The lowest BCUT2D eigenvalue weighted by Gasteiger charge is -2.12. The van der Waals surface area contributed by atoms with Crippen molar-refractivity contribution in [3.05, 3.63) is 35.0 Å². The van der Waals surface area contributed by atoms with Crippen molar-refractivity contribution in [3.8, 4) is 0 Å². The molecule has 0 amide bonds. The molecule has 0 aromatic heterocycles. The third-order valence-corrected chi connectivity index (χ3v) is 2.08. The smallest absolute Gasteiger partial charge is 0.338 e. The summed E-state index contributed by atoms with van der Waals surface area (Å²) in [4.78, 5) is 11.5. The van der Waals surface area contributed by atoms with Gasteiger partial charge in [0.1, 0.15) is 0 Å². The summed E-state index contributed by atoms with van der Waals surface area (Å²) in [6.45, 7) is 2.37. The van der Waals surface area contributed by atoms with Crippen molar-refractivity contribution in [1.29, 1.82) is 0 Å². The molecule has 0 fully saturated rings. The fourth-order valence-corrected chi connectivity index (χ4v) is 1.17. The minimum absolute atomic E-state index is 0.0879. The molecule has 1 atom stereocenters. The summed E-state index contributed by atoms with van der Waals surface area (Å²) >= 11 is 0. The van der Waals surface area contributed by atoms with Gasteiger partial charge in [-0.15, -0.1) is 0 Å². The Morgan fingerprint density at radius 1 is 1.56 bits per heavy atom.